The fourth-order valence-corrected chi connectivity index (χ4v) is 3.36. The lowest BCUT2D eigenvalue weighted by Crippen LogP contribution is -2.42. The summed E-state index contributed by atoms with van der Waals surface area (Å²) in [4.78, 5) is 37.4. The van der Waals surface area contributed by atoms with E-state index >= 15 is 0 Å². The summed E-state index contributed by atoms with van der Waals surface area (Å²) >= 11 is 0. The fourth-order valence-electron chi connectivity index (χ4n) is 3.36. The molecule has 0 aliphatic heterocycles. The van der Waals surface area contributed by atoms with Gasteiger partial charge < -0.3 is 24.3 Å². The van der Waals surface area contributed by atoms with Crippen LogP contribution >= 0.6 is 0 Å². The van der Waals surface area contributed by atoms with E-state index in [1.54, 1.807) is 31.2 Å². The zero-order valence-corrected chi connectivity index (χ0v) is 17.7. The van der Waals surface area contributed by atoms with Gasteiger partial charge in [0.05, 0.1) is 5.39 Å². The van der Waals surface area contributed by atoms with E-state index in [1.165, 1.54) is 6.07 Å². The van der Waals surface area contributed by atoms with Crippen molar-refractivity contribution in [1.29, 1.82) is 0 Å². The van der Waals surface area contributed by atoms with Crippen LogP contribution < -0.4 is 15.5 Å². The number of alkyl carbamates (subject to hydrolysis) is 1. The normalized spacial score (nSPS) is 11.8. The van der Waals surface area contributed by atoms with Gasteiger partial charge in [0.15, 0.2) is 0 Å². The summed E-state index contributed by atoms with van der Waals surface area (Å²) in [6.07, 6.45) is -0.514. The summed E-state index contributed by atoms with van der Waals surface area (Å²) in [6.45, 7) is 1.76. The second kappa shape index (κ2) is 9.44. The van der Waals surface area contributed by atoms with Crippen LogP contribution in [-0.2, 0) is 16.1 Å². The molecule has 0 saturated carbocycles. The molecule has 168 valence electrons. The Morgan fingerprint density at radius 2 is 1.76 bits per heavy atom. The molecule has 0 spiro atoms. The number of ether oxygens (including phenoxy) is 2. The van der Waals surface area contributed by atoms with Crippen LogP contribution in [0.2, 0.25) is 0 Å². The second-order valence-electron chi connectivity index (χ2n) is 7.33. The maximum absolute atomic E-state index is 12.7. The van der Waals surface area contributed by atoms with E-state index in [0.29, 0.717) is 11.0 Å². The highest BCUT2D eigenvalue weighted by molar-refractivity contribution is 5.94. The summed E-state index contributed by atoms with van der Waals surface area (Å²) in [5, 5.41) is 13.2. The number of aromatic hydroxyl groups is 1. The highest BCUT2D eigenvalue weighted by atomic mass is 16.6. The number of benzene rings is 3. The molecule has 1 atom stereocenters. The summed E-state index contributed by atoms with van der Waals surface area (Å²) in [5.74, 6) is -1.16. The van der Waals surface area contributed by atoms with Gasteiger partial charge in [0.25, 0.3) is 0 Å². The number of esters is 1. The minimum atomic E-state index is -0.977. The summed E-state index contributed by atoms with van der Waals surface area (Å²) < 4.78 is 16.2. The average molecular weight is 447 g/mol. The van der Waals surface area contributed by atoms with Crippen LogP contribution in [0.25, 0.3) is 21.9 Å². The Balaban J connectivity index is 1.49. The fraction of sp³-hybridized carbons (Fsp3) is 0.160. The van der Waals surface area contributed by atoms with Crippen LogP contribution in [0, 0.1) is 0 Å². The Kier molecular flexibility index (Phi) is 6.26. The molecule has 0 radical (unpaired) electrons. The Morgan fingerprint density at radius 3 is 2.52 bits per heavy atom. The highest BCUT2D eigenvalue weighted by Gasteiger charge is 2.23. The first kappa shape index (κ1) is 21.9. The first-order valence-corrected chi connectivity index (χ1v) is 10.3. The molecule has 0 unspecified atom stereocenters. The Bertz CT molecular complexity index is 1380. The molecular formula is C25H21NO7. The van der Waals surface area contributed by atoms with Crippen molar-refractivity contribution in [2.45, 2.75) is 26.0 Å². The molecule has 4 aromatic rings. The summed E-state index contributed by atoms with van der Waals surface area (Å²) in [7, 11) is 0. The molecule has 4 rings (SSSR count). The van der Waals surface area contributed by atoms with Crippen LogP contribution in [0.4, 0.5) is 4.79 Å². The zero-order valence-electron chi connectivity index (χ0n) is 17.7. The van der Waals surface area contributed by atoms with E-state index in [4.69, 9.17) is 13.9 Å². The molecule has 2 N–H and O–H groups in total. The van der Waals surface area contributed by atoms with Crippen LogP contribution in [0.15, 0.2) is 75.9 Å². The van der Waals surface area contributed by atoms with E-state index in [1.807, 2.05) is 30.3 Å². The monoisotopic (exact) mass is 447 g/mol. The lowest BCUT2D eigenvalue weighted by molar-refractivity contribution is -0.136. The smallest absolute Gasteiger partial charge is 0.408 e. The molecule has 1 amide bonds. The van der Waals surface area contributed by atoms with Gasteiger partial charge in [-0.25, -0.2) is 9.59 Å². The van der Waals surface area contributed by atoms with Gasteiger partial charge in [-0.2, -0.15) is 0 Å². The van der Waals surface area contributed by atoms with E-state index in [2.05, 4.69) is 5.32 Å². The molecule has 1 aromatic heterocycles. The third kappa shape index (κ3) is 4.79. The molecule has 0 fully saturated rings. The number of fused-ring (bicyclic) bond motifs is 2. The molecular weight excluding hydrogens is 426 g/mol. The highest BCUT2D eigenvalue weighted by Crippen LogP contribution is 2.30. The predicted molar refractivity (Wildman–Crippen MR) is 121 cm³/mol. The summed E-state index contributed by atoms with van der Waals surface area (Å²) in [5.41, 5.74) is 0.831. The maximum atomic E-state index is 12.7. The van der Waals surface area contributed by atoms with Crippen LogP contribution in [0.5, 0.6) is 11.5 Å². The second-order valence-corrected chi connectivity index (χ2v) is 7.33. The van der Waals surface area contributed by atoms with Crippen molar-refractivity contribution < 1.29 is 28.6 Å². The van der Waals surface area contributed by atoms with Crippen molar-refractivity contribution in [1.82, 2.24) is 5.32 Å². The number of para-hydroxylation sites is 1. The van der Waals surface area contributed by atoms with Gasteiger partial charge in [-0.05, 0) is 24.1 Å². The molecule has 0 saturated heterocycles. The molecule has 8 nitrogen and oxygen atoms in total. The number of rotatable bonds is 6. The third-order valence-electron chi connectivity index (χ3n) is 5.05. The van der Waals surface area contributed by atoms with Gasteiger partial charge >= 0.3 is 12.1 Å². The Labute approximate surface area is 188 Å². The van der Waals surface area contributed by atoms with Crippen molar-refractivity contribution in [3.05, 3.63) is 82.5 Å². The minimum Gasteiger partial charge on any atom is -0.507 e. The van der Waals surface area contributed by atoms with Crippen LogP contribution in [-0.4, -0.2) is 23.2 Å². The topological polar surface area (TPSA) is 115 Å². The largest absolute Gasteiger partial charge is 0.507 e. The van der Waals surface area contributed by atoms with Crippen molar-refractivity contribution in [3.8, 4) is 11.5 Å². The molecule has 1 heterocycles. The van der Waals surface area contributed by atoms with Crippen molar-refractivity contribution in [3.63, 3.8) is 0 Å². The third-order valence-corrected chi connectivity index (χ3v) is 5.05. The van der Waals surface area contributed by atoms with Crippen molar-refractivity contribution in [2.75, 3.05) is 0 Å². The number of nitrogens with one attached hydrogen (secondary N) is 1. The average Bonchev–Trinajstić information content (AvgIpc) is 2.81. The Hall–Kier alpha value is -4.33. The number of hydrogen-bond donors (Lipinski definition) is 2. The zero-order chi connectivity index (χ0) is 23.4. The van der Waals surface area contributed by atoms with Gasteiger partial charge in [0.1, 0.15) is 40.7 Å². The molecule has 8 heteroatoms. The van der Waals surface area contributed by atoms with Crippen LogP contribution in [0.3, 0.4) is 0 Å². The number of phenols is 1. The number of amides is 1. The Morgan fingerprint density at radius 1 is 1.03 bits per heavy atom. The van der Waals surface area contributed by atoms with Gasteiger partial charge in [0.2, 0.25) is 5.43 Å². The molecule has 33 heavy (non-hydrogen) atoms. The van der Waals surface area contributed by atoms with Crippen molar-refractivity contribution >= 4 is 34.0 Å². The van der Waals surface area contributed by atoms with E-state index < -0.39 is 23.5 Å². The minimum absolute atomic E-state index is 0.0110. The SMILES string of the molecule is CC[C@H](NC(=O)OCc1ccccc1)C(=O)Oc1cc(O)c2c(=O)c3ccccc3oc2c1. The predicted octanol–water partition coefficient (Wildman–Crippen LogP) is 4.26. The van der Waals surface area contributed by atoms with Crippen molar-refractivity contribution in [2.24, 2.45) is 0 Å². The number of hydrogen-bond acceptors (Lipinski definition) is 7. The van der Waals surface area contributed by atoms with Gasteiger partial charge in [-0.1, -0.05) is 49.4 Å². The molecule has 0 aliphatic carbocycles. The number of phenolic OH excluding ortho intramolecular Hbond substituents is 1. The van der Waals surface area contributed by atoms with Gasteiger partial charge in [-0.3, -0.25) is 4.79 Å². The molecule has 3 aromatic carbocycles. The quantitative estimate of drug-likeness (QED) is 0.258. The maximum Gasteiger partial charge on any atom is 0.408 e. The first-order valence-electron chi connectivity index (χ1n) is 10.3. The van der Waals surface area contributed by atoms with Gasteiger partial charge in [0, 0.05) is 12.1 Å². The molecule has 0 bridgehead atoms. The first-order chi connectivity index (χ1) is 16.0. The number of carbonyl (C=O) groups excluding carboxylic acids is 2. The molecule has 0 aliphatic rings. The van der Waals surface area contributed by atoms with E-state index in [0.717, 1.165) is 11.6 Å². The van der Waals surface area contributed by atoms with Gasteiger partial charge in [-0.15, -0.1) is 0 Å². The van der Waals surface area contributed by atoms with E-state index in [-0.39, 0.29) is 35.5 Å². The lowest BCUT2D eigenvalue weighted by atomic mass is 10.1. The lowest BCUT2D eigenvalue weighted by Gasteiger charge is -2.16. The number of carbonyl (C=O) groups is 2. The standard InChI is InChI=1S/C25H21NO7/c1-2-18(26-25(30)31-14-15-8-4-3-5-9-15)24(29)32-16-12-19(27)22-21(13-16)33-20-11-7-6-10-17(20)23(22)28/h3-13,18,27H,2,14H2,1H3,(H,26,30)/t18-/m0/s1. The van der Waals surface area contributed by atoms with Crippen LogP contribution in [0.1, 0.15) is 18.9 Å². The summed E-state index contributed by atoms with van der Waals surface area (Å²) in [6, 6.07) is 17.3. The van der Waals surface area contributed by atoms with E-state index in [9.17, 15) is 19.5 Å².